The van der Waals surface area contributed by atoms with Crippen LogP contribution in [0.4, 0.5) is 0 Å². The molecule has 180 valence electrons. The molecule has 0 aromatic heterocycles. The summed E-state index contributed by atoms with van der Waals surface area (Å²) in [4.78, 5) is 36.2. The zero-order valence-corrected chi connectivity index (χ0v) is 19.4. The second kappa shape index (κ2) is 9.30. The Labute approximate surface area is 187 Å². The van der Waals surface area contributed by atoms with Crippen molar-refractivity contribution < 1.29 is 43.5 Å². The minimum Gasteiger partial charge on any atom is -0.632 e. The largest absolute Gasteiger partial charge is 0.632 e. The summed E-state index contributed by atoms with van der Waals surface area (Å²) >= 11 is 0. The molecule has 1 fully saturated rings. The molecule has 0 amide bonds. The molecular formula is C22H33NO9. The van der Waals surface area contributed by atoms with E-state index in [2.05, 4.69) is 0 Å². The number of ether oxygens (including phenoxy) is 3. The van der Waals surface area contributed by atoms with Crippen LogP contribution in [0.15, 0.2) is 23.3 Å². The monoisotopic (exact) mass is 455 g/mol. The van der Waals surface area contributed by atoms with Gasteiger partial charge in [0.15, 0.2) is 12.1 Å². The molecule has 0 saturated carbocycles. The summed E-state index contributed by atoms with van der Waals surface area (Å²) in [6.45, 7) is 8.33. The summed E-state index contributed by atoms with van der Waals surface area (Å²) in [7, 11) is 0. The van der Waals surface area contributed by atoms with E-state index in [1.807, 2.05) is 0 Å². The van der Waals surface area contributed by atoms with Crippen molar-refractivity contribution in [3.63, 3.8) is 0 Å². The molecule has 10 heteroatoms. The highest BCUT2D eigenvalue weighted by molar-refractivity contribution is 5.83. The second-order valence-corrected chi connectivity index (χ2v) is 9.22. The van der Waals surface area contributed by atoms with Crippen LogP contribution in [-0.2, 0) is 28.6 Å². The van der Waals surface area contributed by atoms with Crippen LogP contribution in [0, 0.1) is 5.21 Å². The molecule has 0 bridgehead atoms. The molecule has 2 heterocycles. The Kier molecular flexibility index (Phi) is 7.55. The topological polar surface area (TPSA) is 142 Å². The lowest BCUT2D eigenvalue weighted by Crippen LogP contribution is -2.64. The van der Waals surface area contributed by atoms with Crippen molar-refractivity contribution in [2.75, 3.05) is 19.7 Å². The van der Waals surface area contributed by atoms with Crippen LogP contribution >= 0.6 is 0 Å². The number of carbonyl (C=O) groups is 3. The normalized spacial score (nSPS) is 27.5. The lowest BCUT2D eigenvalue weighted by atomic mass is 9.81. The Morgan fingerprint density at radius 2 is 1.91 bits per heavy atom. The maximum absolute atomic E-state index is 13.1. The molecule has 10 nitrogen and oxygen atoms in total. The maximum atomic E-state index is 13.1. The van der Waals surface area contributed by atoms with Gasteiger partial charge in [-0.25, -0.2) is 9.59 Å². The van der Waals surface area contributed by atoms with E-state index in [-0.39, 0.29) is 19.7 Å². The summed E-state index contributed by atoms with van der Waals surface area (Å²) in [5, 5.41) is 34.5. The average Bonchev–Trinajstić information content (AvgIpc) is 3.12. The van der Waals surface area contributed by atoms with Crippen LogP contribution in [-0.4, -0.2) is 81.9 Å². The Balaban J connectivity index is 2.16. The lowest BCUT2D eigenvalue weighted by molar-refractivity contribution is -0.877. The first kappa shape index (κ1) is 26.0. The summed E-state index contributed by atoms with van der Waals surface area (Å²) in [6.07, 6.45) is 1.29. The van der Waals surface area contributed by atoms with Crippen LogP contribution < -0.4 is 0 Å². The van der Waals surface area contributed by atoms with Gasteiger partial charge in [-0.15, -0.1) is 0 Å². The summed E-state index contributed by atoms with van der Waals surface area (Å²) < 4.78 is 15.1. The Bertz CT molecular complexity index is 824. The van der Waals surface area contributed by atoms with E-state index in [0.29, 0.717) is 12.0 Å². The van der Waals surface area contributed by atoms with E-state index in [0.717, 1.165) is 12.5 Å². The van der Waals surface area contributed by atoms with Crippen molar-refractivity contribution >= 4 is 17.9 Å². The number of hydrogen-bond acceptors (Lipinski definition) is 9. The first-order valence-corrected chi connectivity index (χ1v) is 10.5. The smallest absolute Gasteiger partial charge is 0.345 e. The van der Waals surface area contributed by atoms with Crippen LogP contribution in [0.2, 0.25) is 0 Å². The number of esters is 3. The number of allylic oxidation sites excluding steroid dienone is 1. The highest BCUT2D eigenvalue weighted by Crippen LogP contribution is 2.38. The summed E-state index contributed by atoms with van der Waals surface area (Å²) in [5.41, 5.74) is -3.32. The van der Waals surface area contributed by atoms with Gasteiger partial charge >= 0.3 is 17.9 Å². The zero-order chi connectivity index (χ0) is 24.5. The van der Waals surface area contributed by atoms with Crippen molar-refractivity contribution in [2.45, 2.75) is 77.4 Å². The molecule has 2 rings (SSSR count). The van der Waals surface area contributed by atoms with E-state index >= 15 is 0 Å². The van der Waals surface area contributed by atoms with Gasteiger partial charge in [0.25, 0.3) is 0 Å². The van der Waals surface area contributed by atoms with Crippen molar-refractivity contribution in [2.24, 2.45) is 0 Å². The SMILES string of the molecule is CC(=O)OC(C)C(O)(C(=O)OCC1=CC[N+]2([O-])CCC(OC(=O)C=C(C)C)C12)C(C)(C)O. The van der Waals surface area contributed by atoms with Crippen LogP contribution in [0.5, 0.6) is 0 Å². The predicted molar refractivity (Wildman–Crippen MR) is 113 cm³/mol. The molecule has 0 spiro atoms. The van der Waals surface area contributed by atoms with Crippen LogP contribution in [0.3, 0.4) is 0 Å². The molecule has 2 N–H and O–H groups in total. The van der Waals surface area contributed by atoms with E-state index in [1.165, 1.54) is 26.8 Å². The number of rotatable bonds is 8. The van der Waals surface area contributed by atoms with Crippen molar-refractivity contribution in [3.05, 3.63) is 28.5 Å². The molecule has 5 unspecified atom stereocenters. The van der Waals surface area contributed by atoms with Gasteiger partial charge in [0.1, 0.15) is 18.3 Å². The highest BCUT2D eigenvalue weighted by Gasteiger charge is 2.57. The van der Waals surface area contributed by atoms with E-state index in [1.54, 1.807) is 19.9 Å². The molecule has 0 aromatic carbocycles. The van der Waals surface area contributed by atoms with Gasteiger partial charge in [-0.05, 0) is 40.7 Å². The third kappa shape index (κ3) is 5.20. The minimum atomic E-state index is -2.55. The van der Waals surface area contributed by atoms with Gasteiger partial charge in [-0.1, -0.05) is 5.57 Å². The Morgan fingerprint density at radius 3 is 2.44 bits per heavy atom. The number of hydrogen-bond donors (Lipinski definition) is 2. The first-order valence-electron chi connectivity index (χ1n) is 10.5. The van der Waals surface area contributed by atoms with Gasteiger partial charge in [0.2, 0.25) is 5.60 Å². The summed E-state index contributed by atoms with van der Waals surface area (Å²) in [5.74, 6) is -2.49. The maximum Gasteiger partial charge on any atom is 0.345 e. The highest BCUT2D eigenvalue weighted by atomic mass is 16.6. The minimum absolute atomic E-state index is 0.147. The molecule has 0 radical (unpaired) electrons. The number of nitrogens with zero attached hydrogens (tertiary/aromatic N) is 1. The fourth-order valence-electron chi connectivity index (χ4n) is 4.28. The van der Waals surface area contributed by atoms with E-state index in [9.17, 15) is 29.8 Å². The molecule has 2 aliphatic rings. The van der Waals surface area contributed by atoms with Gasteiger partial charge < -0.3 is 34.3 Å². The number of fused-ring (bicyclic) bond motifs is 1. The average molecular weight is 456 g/mol. The van der Waals surface area contributed by atoms with Crippen LogP contribution in [0.1, 0.15) is 48.0 Å². The number of hydroxylamine groups is 3. The van der Waals surface area contributed by atoms with Crippen LogP contribution in [0.25, 0.3) is 0 Å². The predicted octanol–water partition coefficient (Wildman–Crippen LogP) is 0.888. The fourth-order valence-corrected chi connectivity index (χ4v) is 4.28. The number of quaternary nitrogens is 1. The summed E-state index contributed by atoms with van der Waals surface area (Å²) in [6, 6.07) is -0.724. The standard InChI is InChI=1S/C22H33NO9/c1-13(2)11-18(25)32-17-8-10-23(29)9-7-16(19(17)23)12-30-20(26)22(28,21(5,6)27)14(3)31-15(4)24/h7,11,14,17,19,27-28H,8-10,12H2,1-6H3. The van der Waals surface area contributed by atoms with Gasteiger partial charge in [-0.2, -0.15) is 0 Å². The van der Waals surface area contributed by atoms with Crippen molar-refractivity contribution in [1.29, 1.82) is 0 Å². The number of carbonyl (C=O) groups excluding carboxylic acids is 3. The first-order chi connectivity index (χ1) is 14.6. The Hall–Kier alpha value is -2.27. The number of aliphatic hydroxyl groups is 2. The third-order valence-corrected chi connectivity index (χ3v) is 5.91. The van der Waals surface area contributed by atoms with Gasteiger partial charge in [0.05, 0.1) is 13.1 Å². The molecule has 0 aliphatic carbocycles. The third-order valence-electron chi connectivity index (χ3n) is 5.91. The molecule has 32 heavy (non-hydrogen) atoms. The molecule has 2 aliphatic heterocycles. The molecule has 1 saturated heterocycles. The van der Waals surface area contributed by atoms with Crippen molar-refractivity contribution in [1.82, 2.24) is 0 Å². The second-order valence-electron chi connectivity index (χ2n) is 9.22. The molecule has 5 atom stereocenters. The fraction of sp³-hybridized carbons (Fsp3) is 0.682. The molecule has 0 aromatic rings. The Morgan fingerprint density at radius 1 is 1.28 bits per heavy atom. The molecular weight excluding hydrogens is 422 g/mol. The van der Waals surface area contributed by atoms with Gasteiger partial charge in [0, 0.05) is 25.0 Å². The quantitative estimate of drug-likeness (QED) is 0.136. The van der Waals surface area contributed by atoms with E-state index < -0.39 is 52.0 Å². The van der Waals surface area contributed by atoms with Crippen molar-refractivity contribution in [3.8, 4) is 0 Å². The van der Waals surface area contributed by atoms with E-state index in [4.69, 9.17) is 14.2 Å². The zero-order valence-electron chi connectivity index (χ0n) is 19.4. The van der Waals surface area contributed by atoms with Gasteiger partial charge in [-0.3, -0.25) is 4.79 Å². The lowest BCUT2D eigenvalue weighted by Gasteiger charge is -2.41.